The first-order valence-corrected chi connectivity index (χ1v) is 13.1. The predicted octanol–water partition coefficient (Wildman–Crippen LogP) is 7.04. The highest BCUT2D eigenvalue weighted by molar-refractivity contribution is 6.04. The molecule has 0 radical (unpaired) electrons. The van der Waals surface area contributed by atoms with Crippen molar-refractivity contribution in [2.75, 3.05) is 25.6 Å². The van der Waals surface area contributed by atoms with Gasteiger partial charge in [0.25, 0.3) is 5.91 Å². The van der Waals surface area contributed by atoms with Gasteiger partial charge in [0, 0.05) is 35.9 Å². The molecule has 0 unspecified atom stereocenters. The zero-order valence-corrected chi connectivity index (χ0v) is 21.7. The van der Waals surface area contributed by atoms with Gasteiger partial charge in [-0.25, -0.2) is 0 Å². The lowest BCUT2D eigenvalue weighted by atomic mass is 9.93. The number of anilines is 1. The van der Waals surface area contributed by atoms with Crippen LogP contribution in [0.25, 0.3) is 11.1 Å². The molecule has 4 rings (SSSR count). The van der Waals surface area contributed by atoms with E-state index in [1.54, 1.807) is 7.11 Å². The topological polar surface area (TPSA) is 50.8 Å². The van der Waals surface area contributed by atoms with E-state index in [-0.39, 0.29) is 5.91 Å². The SMILES string of the molecule is COc1ccc(NC(=O)c2ccc(-c3ccccc3)cc2)cc1OCCN(C(C)C)C1CCCCC1. The van der Waals surface area contributed by atoms with E-state index in [0.717, 1.165) is 17.7 Å². The largest absolute Gasteiger partial charge is 0.493 e. The van der Waals surface area contributed by atoms with Gasteiger partial charge in [-0.3, -0.25) is 9.69 Å². The standard InChI is InChI=1S/C31H38N2O3/c1-23(2)33(28-12-8-5-9-13-28)20-21-36-30-22-27(18-19-29(30)35-3)32-31(34)26-16-14-25(15-17-26)24-10-6-4-7-11-24/h4,6-7,10-11,14-19,22-23,28H,5,8-9,12-13,20-21H2,1-3H3,(H,32,34). The van der Waals surface area contributed by atoms with Gasteiger partial charge in [0.2, 0.25) is 0 Å². The first-order valence-electron chi connectivity index (χ1n) is 13.1. The number of methoxy groups -OCH3 is 1. The summed E-state index contributed by atoms with van der Waals surface area (Å²) in [7, 11) is 1.64. The second-order valence-electron chi connectivity index (χ2n) is 9.74. The van der Waals surface area contributed by atoms with Crippen LogP contribution >= 0.6 is 0 Å². The van der Waals surface area contributed by atoms with Crippen LogP contribution in [0.5, 0.6) is 11.5 Å². The zero-order chi connectivity index (χ0) is 25.3. The van der Waals surface area contributed by atoms with E-state index in [9.17, 15) is 4.79 Å². The van der Waals surface area contributed by atoms with Crippen molar-refractivity contribution in [3.05, 3.63) is 78.4 Å². The fourth-order valence-corrected chi connectivity index (χ4v) is 5.05. The molecular weight excluding hydrogens is 448 g/mol. The Balaban J connectivity index is 1.38. The van der Waals surface area contributed by atoms with Crippen molar-refractivity contribution in [1.29, 1.82) is 0 Å². The molecule has 1 saturated carbocycles. The molecule has 36 heavy (non-hydrogen) atoms. The molecule has 0 spiro atoms. The summed E-state index contributed by atoms with van der Waals surface area (Å²) in [5, 5.41) is 2.99. The Hall–Kier alpha value is -3.31. The molecule has 0 heterocycles. The van der Waals surface area contributed by atoms with Gasteiger partial charge in [-0.1, -0.05) is 61.7 Å². The maximum absolute atomic E-state index is 12.9. The van der Waals surface area contributed by atoms with Crippen LogP contribution in [0.1, 0.15) is 56.3 Å². The molecule has 3 aromatic carbocycles. The van der Waals surface area contributed by atoms with Crippen LogP contribution in [0.4, 0.5) is 5.69 Å². The third-order valence-electron chi connectivity index (χ3n) is 6.99. The molecule has 0 atom stereocenters. The van der Waals surface area contributed by atoms with Crippen molar-refractivity contribution in [1.82, 2.24) is 4.90 Å². The van der Waals surface area contributed by atoms with Gasteiger partial charge in [-0.2, -0.15) is 0 Å². The lowest BCUT2D eigenvalue weighted by molar-refractivity contribution is 0.0991. The molecule has 3 aromatic rings. The Morgan fingerprint density at radius 2 is 1.61 bits per heavy atom. The Morgan fingerprint density at radius 1 is 0.917 bits per heavy atom. The molecule has 1 fully saturated rings. The molecule has 5 heteroatoms. The lowest BCUT2D eigenvalue weighted by Crippen LogP contribution is -2.43. The van der Waals surface area contributed by atoms with Crippen LogP contribution in [-0.4, -0.2) is 43.2 Å². The molecule has 0 saturated heterocycles. The molecule has 1 aliphatic carbocycles. The number of benzene rings is 3. The summed E-state index contributed by atoms with van der Waals surface area (Å²) in [6, 6.07) is 24.4. The van der Waals surface area contributed by atoms with E-state index in [2.05, 4.69) is 36.2 Å². The number of nitrogens with zero attached hydrogens (tertiary/aromatic N) is 1. The van der Waals surface area contributed by atoms with Crippen LogP contribution in [0.2, 0.25) is 0 Å². The summed E-state index contributed by atoms with van der Waals surface area (Å²) in [5.41, 5.74) is 3.49. The molecule has 5 nitrogen and oxygen atoms in total. The van der Waals surface area contributed by atoms with E-state index in [1.165, 1.54) is 32.1 Å². The van der Waals surface area contributed by atoms with Gasteiger partial charge in [-0.15, -0.1) is 0 Å². The van der Waals surface area contributed by atoms with E-state index in [4.69, 9.17) is 9.47 Å². The Labute approximate surface area is 215 Å². The molecule has 1 amide bonds. The Kier molecular flexibility index (Phi) is 9.01. The Bertz CT molecular complexity index is 1110. The number of ether oxygens (including phenoxy) is 2. The summed E-state index contributed by atoms with van der Waals surface area (Å²) in [6.45, 7) is 5.97. The molecule has 190 valence electrons. The summed E-state index contributed by atoms with van der Waals surface area (Å²) >= 11 is 0. The quantitative estimate of drug-likeness (QED) is 0.334. The number of nitrogens with one attached hydrogen (secondary N) is 1. The highest BCUT2D eigenvalue weighted by Crippen LogP contribution is 2.31. The van der Waals surface area contributed by atoms with Crippen molar-refractivity contribution >= 4 is 11.6 Å². The second-order valence-corrected chi connectivity index (χ2v) is 9.74. The smallest absolute Gasteiger partial charge is 0.255 e. The van der Waals surface area contributed by atoms with Crippen molar-refractivity contribution < 1.29 is 14.3 Å². The first-order chi connectivity index (χ1) is 17.5. The normalized spacial score (nSPS) is 14.1. The van der Waals surface area contributed by atoms with Crippen molar-refractivity contribution in [2.45, 2.75) is 58.0 Å². The van der Waals surface area contributed by atoms with Crippen LogP contribution in [-0.2, 0) is 0 Å². The number of amides is 1. The van der Waals surface area contributed by atoms with Gasteiger partial charge in [0.15, 0.2) is 11.5 Å². The zero-order valence-electron chi connectivity index (χ0n) is 21.7. The number of carbonyl (C=O) groups is 1. The van der Waals surface area contributed by atoms with E-state index in [1.807, 2.05) is 60.7 Å². The third-order valence-corrected chi connectivity index (χ3v) is 6.99. The third kappa shape index (κ3) is 6.67. The van der Waals surface area contributed by atoms with Gasteiger partial charge >= 0.3 is 0 Å². The summed E-state index contributed by atoms with van der Waals surface area (Å²) < 4.78 is 11.7. The fraction of sp³-hybridized carbons (Fsp3) is 0.387. The van der Waals surface area contributed by atoms with E-state index >= 15 is 0 Å². The van der Waals surface area contributed by atoms with Gasteiger partial charge in [0.1, 0.15) is 6.61 Å². The first kappa shape index (κ1) is 25.8. The highest BCUT2D eigenvalue weighted by Gasteiger charge is 2.23. The molecule has 1 aliphatic rings. The van der Waals surface area contributed by atoms with Crippen LogP contribution < -0.4 is 14.8 Å². The van der Waals surface area contributed by atoms with Crippen molar-refractivity contribution in [3.8, 4) is 22.6 Å². The van der Waals surface area contributed by atoms with Gasteiger partial charge in [-0.05, 0) is 62.1 Å². The molecule has 0 bridgehead atoms. The van der Waals surface area contributed by atoms with Crippen LogP contribution in [0.3, 0.4) is 0 Å². The summed E-state index contributed by atoms with van der Waals surface area (Å²) in [4.78, 5) is 15.5. The number of carbonyl (C=O) groups excluding carboxylic acids is 1. The monoisotopic (exact) mass is 486 g/mol. The number of hydrogen-bond acceptors (Lipinski definition) is 4. The fourth-order valence-electron chi connectivity index (χ4n) is 5.05. The maximum atomic E-state index is 12.9. The predicted molar refractivity (Wildman–Crippen MR) is 147 cm³/mol. The van der Waals surface area contributed by atoms with Crippen LogP contribution in [0, 0.1) is 0 Å². The molecule has 1 N–H and O–H groups in total. The van der Waals surface area contributed by atoms with Crippen LogP contribution in [0.15, 0.2) is 72.8 Å². The van der Waals surface area contributed by atoms with Crippen molar-refractivity contribution in [3.63, 3.8) is 0 Å². The molecular formula is C31H38N2O3. The molecule has 0 aromatic heterocycles. The van der Waals surface area contributed by atoms with E-state index < -0.39 is 0 Å². The number of rotatable bonds is 10. The maximum Gasteiger partial charge on any atom is 0.255 e. The lowest BCUT2D eigenvalue weighted by Gasteiger charge is -2.37. The summed E-state index contributed by atoms with van der Waals surface area (Å²) in [5.74, 6) is 1.14. The Morgan fingerprint density at radius 3 is 2.28 bits per heavy atom. The van der Waals surface area contributed by atoms with Crippen molar-refractivity contribution in [2.24, 2.45) is 0 Å². The number of hydrogen-bond donors (Lipinski definition) is 1. The average Bonchev–Trinajstić information content (AvgIpc) is 2.92. The minimum absolute atomic E-state index is 0.158. The van der Waals surface area contributed by atoms with Gasteiger partial charge < -0.3 is 14.8 Å². The second kappa shape index (κ2) is 12.6. The molecule has 0 aliphatic heterocycles. The van der Waals surface area contributed by atoms with E-state index in [0.29, 0.717) is 41.4 Å². The minimum Gasteiger partial charge on any atom is -0.493 e. The minimum atomic E-state index is -0.158. The average molecular weight is 487 g/mol. The van der Waals surface area contributed by atoms with Gasteiger partial charge in [0.05, 0.1) is 7.11 Å². The highest BCUT2D eigenvalue weighted by atomic mass is 16.5. The summed E-state index contributed by atoms with van der Waals surface area (Å²) in [6.07, 6.45) is 6.54.